The van der Waals surface area contributed by atoms with Crippen LogP contribution in [0.25, 0.3) is 0 Å². The Morgan fingerprint density at radius 3 is 3.00 bits per heavy atom. The van der Waals surface area contributed by atoms with E-state index < -0.39 is 0 Å². The van der Waals surface area contributed by atoms with Crippen LogP contribution in [0.1, 0.15) is 43.9 Å². The van der Waals surface area contributed by atoms with Crippen LogP contribution in [0.15, 0.2) is 18.2 Å². The molecule has 2 rings (SSSR count). The summed E-state index contributed by atoms with van der Waals surface area (Å²) in [6.07, 6.45) is 3.62. The maximum atomic E-state index is 5.85. The zero-order valence-electron chi connectivity index (χ0n) is 12.2. The van der Waals surface area contributed by atoms with Crippen LogP contribution in [-0.4, -0.2) is 26.4 Å². The van der Waals surface area contributed by atoms with Crippen LogP contribution in [0, 0.1) is 0 Å². The molecular formula is C16H25NO2. The van der Waals surface area contributed by atoms with Crippen molar-refractivity contribution in [2.75, 3.05) is 20.3 Å². The summed E-state index contributed by atoms with van der Waals surface area (Å²) in [5.74, 6) is 0.958. The first-order chi connectivity index (χ1) is 9.24. The zero-order chi connectivity index (χ0) is 13.7. The standard InChI is InChI=1S/C16H25NO2/c1-4-9-17-16-8-5-13-10-14(6-7-15(13)16)19-12(2)11-18-3/h6-7,10,12,16-17H,4-5,8-9,11H2,1-3H3. The van der Waals surface area contributed by atoms with Gasteiger partial charge in [-0.2, -0.15) is 0 Å². The first kappa shape index (κ1) is 14.4. The minimum atomic E-state index is 0.0958. The Hall–Kier alpha value is -1.06. The van der Waals surface area contributed by atoms with Gasteiger partial charge in [-0.25, -0.2) is 0 Å². The number of rotatable bonds is 7. The minimum absolute atomic E-state index is 0.0958. The summed E-state index contributed by atoms with van der Waals surface area (Å²) < 4.78 is 10.9. The predicted molar refractivity (Wildman–Crippen MR) is 77.8 cm³/mol. The maximum absolute atomic E-state index is 5.85. The molecule has 19 heavy (non-hydrogen) atoms. The van der Waals surface area contributed by atoms with E-state index in [2.05, 4.69) is 30.4 Å². The van der Waals surface area contributed by atoms with Crippen LogP contribution in [0.5, 0.6) is 5.75 Å². The summed E-state index contributed by atoms with van der Waals surface area (Å²) in [5, 5.41) is 3.61. The first-order valence-corrected chi connectivity index (χ1v) is 7.26. The highest BCUT2D eigenvalue weighted by Crippen LogP contribution is 2.33. The Morgan fingerprint density at radius 2 is 2.26 bits per heavy atom. The van der Waals surface area contributed by atoms with Gasteiger partial charge < -0.3 is 14.8 Å². The highest BCUT2D eigenvalue weighted by molar-refractivity contribution is 5.40. The summed E-state index contributed by atoms with van der Waals surface area (Å²) in [6, 6.07) is 7.01. The molecule has 0 saturated heterocycles. The first-order valence-electron chi connectivity index (χ1n) is 7.26. The van der Waals surface area contributed by atoms with E-state index in [0.717, 1.165) is 18.7 Å². The van der Waals surface area contributed by atoms with E-state index in [0.29, 0.717) is 12.6 Å². The summed E-state index contributed by atoms with van der Waals surface area (Å²) >= 11 is 0. The SMILES string of the molecule is CCCNC1CCc2cc(OC(C)COC)ccc21. The van der Waals surface area contributed by atoms with Crippen LogP contribution < -0.4 is 10.1 Å². The smallest absolute Gasteiger partial charge is 0.120 e. The van der Waals surface area contributed by atoms with Crippen molar-refractivity contribution < 1.29 is 9.47 Å². The summed E-state index contributed by atoms with van der Waals surface area (Å²) in [6.45, 7) is 5.95. The van der Waals surface area contributed by atoms with Gasteiger partial charge in [-0.3, -0.25) is 0 Å². The summed E-state index contributed by atoms with van der Waals surface area (Å²) in [5.41, 5.74) is 2.87. The molecule has 1 aliphatic carbocycles. The third-order valence-electron chi connectivity index (χ3n) is 3.57. The molecule has 0 aliphatic heterocycles. The molecule has 1 N–H and O–H groups in total. The maximum Gasteiger partial charge on any atom is 0.120 e. The third kappa shape index (κ3) is 3.71. The Balaban J connectivity index is 2.00. The highest BCUT2D eigenvalue weighted by atomic mass is 16.5. The van der Waals surface area contributed by atoms with Crippen molar-refractivity contribution in [3.8, 4) is 5.75 Å². The lowest BCUT2D eigenvalue weighted by Crippen LogP contribution is -2.20. The second-order valence-corrected chi connectivity index (χ2v) is 5.29. The molecule has 2 unspecified atom stereocenters. The van der Waals surface area contributed by atoms with Crippen LogP contribution in [0.3, 0.4) is 0 Å². The average Bonchev–Trinajstić information content (AvgIpc) is 2.79. The zero-order valence-corrected chi connectivity index (χ0v) is 12.2. The molecule has 0 saturated carbocycles. The van der Waals surface area contributed by atoms with E-state index in [1.165, 1.54) is 24.0 Å². The Morgan fingerprint density at radius 1 is 1.42 bits per heavy atom. The molecule has 0 amide bonds. The van der Waals surface area contributed by atoms with E-state index in [9.17, 15) is 0 Å². The number of methoxy groups -OCH3 is 1. The van der Waals surface area contributed by atoms with Crippen molar-refractivity contribution >= 4 is 0 Å². The van der Waals surface area contributed by atoms with Crippen LogP contribution in [0.2, 0.25) is 0 Å². The Labute approximate surface area is 116 Å². The van der Waals surface area contributed by atoms with Crippen LogP contribution in [0.4, 0.5) is 0 Å². The van der Waals surface area contributed by atoms with E-state index in [4.69, 9.17) is 9.47 Å². The molecule has 0 radical (unpaired) electrons. The second kappa shape index (κ2) is 6.92. The normalized spacial score (nSPS) is 19.2. The van der Waals surface area contributed by atoms with E-state index >= 15 is 0 Å². The van der Waals surface area contributed by atoms with E-state index in [1.54, 1.807) is 7.11 Å². The lowest BCUT2D eigenvalue weighted by atomic mass is 10.1. The summed E-state index contributed by atoms with van der Waals surface area (Å²) in [4.78, 5) is 0. The van der Waals surface area contributed by atoms with Gasteiger partial charge in [-0.05, 0) is 56.0 Å². The third-order valence-corrected chi connectivity index (χ3v) is 3.57. The molecule has 0 spiro atoms. The molecule has 0 bridgehead atoms. The number of benzene rings is 1. The summed E-state index contributed by atoms with van der Waals surface area (Å²) in [7, 11) is 1.70. The highest BCUT2D eigenvalue weighted by Gasteiger charge is 2.22. The quantitative estimate of drug-likeness (QED) is 0.820. The lowest BCUT2D eigenvalue weighted by Gasteiger charge is -2.16. The molecule has 1 aliphatic rings. The van der Waals surface area contributed by atoms with E-state index in [-0.39, 0.29) is 6.10 Å². The molecule has 1 aromatic carbocycles. The van der Waals surface area contributed by atoms with E-state index in [1.807, 2.05) is 6.92 Å². The largest absolute Gasteiger partial charge is 0.488 e. The number of ether oxygens (including phenoxy) is 2. The second-order valence-electron chi connectivity index (χ2n) is 5.29. The minimum Gasteiger partial charge on any atom is -0.488 e. The van der Waals surface area contributed by atoms with Crippen LogP contribution in [-0.2, 0) is 11.2 Å². The molecule has 3 nitrogen and oxygen atoms in total. The van der Waals surface area contributed by atoms with Crippen molar-refractivity contribution in [3.05, 3.63) is 29.3 Å². The van der Waals surface area contributed by atoms with Gasteiger partial charge in [0.25, 0.3) is 0 Å². The molecule has 3 heteroatoms. The predicted octanol–water partition coefficient (Wildman–Crippen LogP) is 3.09. The number of aryl methyl sites for hydroxylation is 1. The van der Waals surface area contributed by atoms with Gasteiger partial charge in [0.05, 0.1) is 6.61 Å². The number of nitrogens with one attached hydrogen (secondary N) is 1. The van der Waals surface area contributed by atoms with Crippen molar-refractivity contribution in [2.24, 2.45) is 0 Å². The van der Waals surface area contributed by atoms with Gasteiger partial charge >= 0.3 is 0 Å². The molecule has 0 fully saturated rings. The number of fused-ring (bicyclic) bond motifs is 1. The average molecular weight is 263 g/mol. The molecule has 0 aromatic heterocycles. The fourth-order valence-electron chi connectivity index (χ4n) is 2.70. The fourth-order valence-corrected chi connectivity index (χ4v) is 2.70. The van der Waals surface area contributed by atoms with Crippen molar-refractivity contribution in [3.63, 3.8) is 0 Å². The van der Waals surface area contributed by atoms with Gasteiger partial charge in [-0.15, -0.1) is 0 Å². The molecule has 0 heterocycles. The molecule has 106 valence electrons. The van der Waals surface area contributed by atoms with Crippen molar-refractivity contribution in [1.82, 2.24) is 5.32 Å². The van der Waals surface area contributed by atoms with Gasteiger partial charge in [0.15, 0.2) is 0 Å². The Kier molecular flexibility index (Phi) is 5.23. The Bertz CT molecular complexity index is 406. The number of hydrogen-bond donors (Lipinski definition) is 1. The molecule has 2 atom stereocenters. The van der Waals surface area contributed by atoms with Crippen LogP contribution >= 0.6 is 0 Å². The van der Waals surface area contributed by atoms with Gasteiger partial charge in [0.2, 0.25) is 0 Å². The van der Waals surface area contributed by atoms with Crippen molar-refractivity contribution in [2.45, 2.75) is 45.3 Å². The van der Waals surface area contributed by atoms with Gasteiger partial charge in [0.1, 0.15) is 11.9 Å². The monoisotopic (exact) mass is 263 g/mol. The fraction of sp³-hybridized carbons (Fsp3) is 0.625. The molecular weight excluding hydrogens is 238 g/mol. The van der Waals surface area contributed by atoms with Gasteiger partial charge in [0, 0.05) is 13.2 Å². The lowest BCUT2D eigenvalue weighted by molar-refractivity contribution is 0.0920. The number of hydrogen-bond acceptors (Lipinski definition) is 3. The van der Waals surface area contributed by atoms with Gasteiger partial charge in [-0.1, -0.05) is 13.0 Å². The topological polar surface area (TPSA) is 30.5 Å². The molecule has 1 aromatic rings. The van der Waals surface area contributed by atoms with Crippen molar-refractivity contribution in [1.29, 1.82) is 0 Å².